The Morgan fingerprint density at radius 2 is 1.93 bits per heavy atom. The smallest absolute Gasteiger partial charge is 0.658 e. The maximum Gasteiger partial charge on any atom is 2.00 e. The molecule has 13 nitrogen and oxygen atoms in total. The molecule has 0 fully saturated rings. The molecule has 247 valence electrons. The molecular weight excluding hydrogens is 737 g/mol. The Kier molecular flexibility index (Phi) is 17.5. The van der Waals surface area contributed by atoms with Crippen molar-refractivity contribution in [1.82, 2.24) is 44.8 Å². The molecule has 5 aromatic rings. The zero-order chi connectivity index (χ0) is 31.1. The number of H-pyrrole nitrogens is 1. The van der Waals surface area contributed by atoms with Crippen molar-refractivity contribution < 1.29 is 26.4 Å². The van der Waals surface area contributed by atoms with Crippen LogP contribution in [0.2, 0.25) is 0 Å². The number of rotatable bonds is 14. The van der Waals surface area contributed by atoms with Gasteiger partial charge in [-0.1, -0.05) is 14.0 Å². The quantitative estimate of drug-likeness (QED) is 0.102. The Bertz CT molecular complexity index is 1590. The van der Waals surface area contributed by atoms with E-state index in [1.165, 1.54) is 11.3 Å². The number of nitrogens with zero attached hydrogens (tertiary/aromatic N) is 9. The van der Waals surface area contributed by atoms with Gasteiger partial charge in [0, 0.05) is 48.6 Å². The van der Waals surface area contributed by atoms with Crippen LogP contribution in [0.5, 0.6) is 0 Å². The predicted octanol–water partition coefficient (Wildman–Crippen LogP) is 6.04. The number of amides is 2. The molecule has 2 N–H and O–H groups in total. The molecule has 0 unspecified atom stereocenters. The number of imidazole rings is 2. The average Bonchev–Trinajstić information content (AvgIpc) is 3.85. The van der Waals surface area contributed by atoms with Gasteiger partial charge in [0.05, 0.1) is 27.8 Å². The van der Waals surface area contributed by atoms with E-state index in [1.54, 1.807) is 42.6 Å². The molecule has 0 spiro atoms. The van der Waals surface area contributed by atoms with Crippen molar-refractivity contribution >= 4 is 50.4 Å². The van der Waals surface area contributed by atoms with Gasteiger partial charge in [0.15, 0.2) is 5.01 Å². The second-order valence-corrected chi connectivity index (χ2v) is 11.9. The van der Waals surface area contributed by atoms with Crippen molar-refractivity contribution in [3.8, 4) is 11.4 Å². The fraction of sp³-hybridized carbons (Fsp3) is 0.345. The first-order valence-corrected chi connectivity index (χ1v) is 16.2. The first-order chi connectivity index (χ1) is 21.4. The third-order valence-electron chi connectivity index (χ3n) is 5.76. The third kappa shape index (κ3) is 12.4. The summed E-state index contributed by atoms with van der Waals surface area (Å²) in [5, 5.41) is 16.4. The SMILES string of the molecule is C.Cc1nc(-c2csc(C(=O)NCCCn3ccnc3)n2)cs1.[CH2-]CC[N-]Cc1ncc(Br)c(C(=O)[N-]CCc2c[nH]cn2)n1.[Co+2]. The molecule has 0 saturated carbocycles. The number of carbonyl (C=O) groups is 2. The molecule has 17 heteroatoms. The summed E-state index contributed by atoms with van der Waals surface area (Å²) in [6.07, 6.45) is 12.5. The van der Waals surface area contributed by atoms with Crippen LogP contribution in [-0.2, 0) is 36.3 Å². The van der Waals surface area contributed by atoms with E-state index in [-0.39, 0.29) is 41.7 Å². The summed E-state index contributed by atoms with van der Waals surface area (Å²) in [5.41, 5.74) is 2.72. The fourth-order valence-electron chi connectivity index (χ4n) is 3.63. The van der Waals surface area contributed by atoms with E-state index in [4.69, 9.17) is 0 Å². The van der Waals surface area contributed by atoms with E-state index in [0.717, 1.165) is 41.5 Å². The van der Waals surface area contributed by atoms with Gasteiger partial charge in [0.2, 0.25) is 0 Å². The maximum atomic E-state index is 12.1. The second kappa shape index (κ2) is 20.7. The molecule has 0 aromatic carbocycles. The number of aromatic nitrogens is 8. The number of hydrogen-bond donors (Lipinski definition) is 2. The number of thiazole rings is 2. The molecule has 0 aliphatic heterocycles. The Balaban J connectivity index is 0.000000307. The zero-order valence-corrected chi connectivity index (χ0v) is 28.6. The molecule has 0 bridgehead atoms. The second-order valence-electron chi connectivity index (χ2n) is 9.14. The van der Waals surface area contributed by atoms with Gasteiger partial charge in [-0.05, 0) is 35.7 Å². The van der Waals surface area contributed by atoms with Gasteiger partial charge in [-0.25, -0.2) is 36.3 Å². The molecule has 46 heavy (non-hydrogen) atoms. The van der Waals surface area contributed by atoms with Gasteiger partial charge in [-0.2, -0.15) is 6.54 Å². The van der Waals surface area contributed by atoms with E-state index < -0.39 is 0 Å². The topological polar surface area (TPSA) is 172 Å². The van der Waals surface area contributed by atoms with Crippen molar-refractivity contribution in [2.45, 2.75) is 46.7 Å². The van der Waals surface area contributed by atoms with Gasteiger partial charge in [0.25, 0.3) is 5.91 Å². The van der Waals surface area contributed by atoms with Crippen molar-refractivity contribution in [3.63, 3.8) is 0 Å². The average molecular weight is 773 g/mol. The van der Waals surface area contributed by atoms with E-state index in [1.807, 2.05) is 28.4 Å². The fourth-order valence-corrected chi connectivity index (χ4v) is 5.32. The third-order valence-corrected chi connectivity index (χ3v) is 7.96. The van der Waals surface area contributed by atoms with Crippen LogP contribution >= 0.6 is 38.6 Å². The summed E-state index contributed by atoms with van der Waals surface area (Å²) < 4.78 is 2.51. The Hall–Kier alpha value is -3.35. The van der Waals surface area contributed by atoms with Crippen LogP contribution in [0.1, 0.15) is 57.1 Å². The van der Waals surface area contributed by atoms with Gasteiger partial charge < -0.3 is 37.2 Å². The maximum absolute atomic E-state index is 12.1. The number of hydrogen-bond acceptors (Lipinski definition) is 10. The minimum absolute atomic E-state index is 0. The van der Waals surface area contributed by atoms with E-state index in [9.17, 15) is 9.59 Å². The normalized spacial score (nSPS) is 10.2. The molecule has 1 radical (unpaired) electrons. The predicted molar refractivity (Wildman–Crippen MR) is 180 cm³/mol. The monoisotopic (exact) mass is 771 g/mol. The van der Waals surface area contributed by atoms with Crippen molar-refractivity contribution in [2.75, 3.05) is 19.6 Å². The molecule has 5 heterocycles. The first kappa shape index (κ1) is 38.8. The standard InChI is InChI=1S/C14H17BrN6O.C14H15N5OS2.CH4.Co/c1-2-4-16-8-12-19-7-11(15)13(21-12)14(22)18-5-3-10-6-17-9-20-10;1-10-17-11(7-21-10)12-8-22-14(18-12)13(20)16-3-2-5-19-6-4-15-9-19;;/h6-7,9H,1-5,8H2,(H2,17,18,20,22);4,6-9H,2-3,5H2,1H3,(H,16,20);1H4;/q-2;;;+2/p-1. The van der Waals surface area contributed by atoms with E-state index in [0.29, 0.717) is 47.9 Å². The summed E-state index contributed by atoms with van der Waals surface area (Å²) in [6, 6.07) is 0. The first-order valence-electron chi connectivity index (χ1n) is 13.7. The number of aryl methyl sites for hydroxylation is 2. The molecule has 0 aliphatic carbocycles. The molecule has 5 aromatic heterocycles. The largest absolute Gasteiger partial charge is 2.00 e. The van der Waals surface area contributed by atoms with Crippen LogP contribution in [-0.4, -0.2) is 70.9 Å². The zero-order valence-electron chi connectivity index (χ0n) is 24.4. The van der Waals surface area contributed by atoms with Crippen molar-refractivity contribution in [1.29, 1.82) is 0 Å². The van der Waals surface area contributed by atoms with Gasteiger partial charge in [0.1, 0.15) is 28.8 Å². The molecule has 5 rings (SSSR count). The van der Waals surface area contributed by atoms with Gasteiger partial charge >= 0.3 is 16.8 Å². The van der Waals surface area contributed by atoms with Crippen LogP contribution in [0.3, 0.4) is 0 Å². The summed E-state index contributed by atoms with van der Waals surface area (Å²) >= 11 is 6.20. The van der Waals surface area contributed by atoms with Gasteiger partial charge in [-0.3, -0.25) is 4.79 Å². The van der Waals surface area contributed by atoms with Crippen LogP contribution in [0, 0.1) is 13.8 Å². The molecule has 2 amide bonds. The van der Waals surface area contributed by atoms with Gasteiger partial charge in [-0.15, -0.1) is 29.2 Å². The number of aromatic amines is 1. The summed E-state index contributed by atoms with van der Waals surface area (Å²) in [7, 11) is 0. The molecule has 0 aliphatic rings. The molecular formula is C29H35BrCoN11O2S2-. The number of carbonyl (C=O) groups excluding carboxylic acids is 2. The van der Waals surface area contributed by atoms with Crippen LogP contribution in [0.25, 0.3) is 22.0 Å². The number of halogens is 1. The van der Waals surface area contributed by atoms with Crippen LogP contribution in [0.15, 0.2) is 52.7 Å². The van der Waals surface area contributed by atoms with Crippen LogP contribution in [0.4, 0.5) is 0 Å². The van der Waals surface area contributed by atoms with E-state index >= 15 is 0 Å². The van der Waals surface area contributed by atoms with Crippen molar-refractivity contribution in [3.05, 3.63) is 97.5 Å². The number of nitrogens with one attached hydrogen (secondary N) is 2. The summed E-state index contributed by atoms with van der Waals surface area (Å²) in [6.45, 7) is 8.50. The van der Waals surface area contributed by atoms with Crippen LogP contribution < -0.4 is 5.32 Å². The molecule has 0 atom stereocenters. The Labute approximate surface area is 295 Å². The summed E-state index contributed by atoms with van der Waals surface area (Å²) in [5.74, 6) is -0.000414. The van der Waals surface area contributed by atoms with E-state index in [2.05, 4.69) is 73.7 Å². The Morgan fingerprint density at radius 1 is 1.13 bits per heavy atom. The minimum Gasteiger partial charge on any atom is -0.658 e. The minimum atomic E-state index is -0.372. The summed E-state index contributed by atoms with van der Waals surface area (Å²) in [4.78, 5) is 52.2. The van der Waals surface area contributed by atoms with Crippen molar-refractivity contribution in [2.24, 2.45) is 0 Å². The Morgan fingerprint density at radius 3 is 2.63 bits per heavy atom. The molecule has 0 saturated heterocycles.